The number of aromatic hydroxyl groups is 1. The third-order valence-electron chi connectivity index (χ3n) is 5.51. The molecule has 3 aromatic carbocycles. The lowest BCUT2D eigenvalue weighted by atomic mass is 9.96. The van der Waals surface area contributed by atoms with Crippen molar-refractivity contribution in [2.45, 2.75) is 19.0 Å². The van der Waals surface area contributed by atoms with Crippen LogP contribution in [0.5, 0.6) is 11.5 Å². The van der Waals surface area contributed by atoms with Crippen LogP contribution in [0.3, 0.4) is 0 Å². The van der Waals surface area contributed by atoms with Crippen molar-refractivity contribution in [3.63, 3.8) is 0 Å². The highest BCUT2D eigenvalue weighted by atomic mass is 35.5. The van der Waals surface area contributed by atoms with Crippen LogP contribution in [-0.2, 0) is 26.0 Å². The summed E-state index contributed by atoms with van der Waals surface area (Å²) in [5.41, 5.74) is -2.78. The van der Waals surface area contributed by atoms with Gasteiger partial charge in [-0.15, -0.1) is 0 Å². The monoisotopic (exact) mass is 594 g/mol. The van der Waals surface area contributed by atoms with Gasteiger partial charge in [0.05, 0.1) is 32.4 Å². The number of phenolic OH excluding ortho intramolecular Hbond substituents is 1. The summed E-state index contributed by atoms with van der Waals surface area (Å²) in [6, 6.07) is 11.2. The van der Waals surface area contributed by atoms with E-state index >= 15 is 0 Å². The number of aromatic nitrogens is 2. The second-order valence-electron chi connectivity index (χ2n) is 8.10. The molecule has 38 heavy (non-hydrogen) atoms. The number of benzene rings is 3. The fourth-order valence-electron chi connectivity index (χ4n) is 3.75. The molecule has 0 aliphatic heterocycles. The molecule has 1 heterocycles. The minimum absolute atomic E-state index is 0.0964. The minimum atomic E-state index is -4.83. The van der Waals surface area contributed by atoms with Crippen LogP contribution < -0.4 is 4.74 Å². The zero-order chi connectivity index (χ0) is 28.0. The van der Waals surface area contributed by atoms with Crippen LogP contribution in [0, 0.1) is 0 Å². The van der Waals surface area contributed by atoms with Gasteiger partial charge in [0, 0.05) is 18.1 Å². The Hall–Kier alpha value is -3.08. The van der Waals surface area contributed by atoms with E-state index in [1.807, 2.05) is 0 Å². The number of ether oxygens (including phenoxy) is 1. The highest BCUT2D eigenvalue weighted by molar-refractivity contribution is 6.34. The molecule has 0 bridgehead atoms. The maximum Gasteiger partial charge on any atom is 0.433 e. The quantitative estimate of drug-likeness (QED) is 0.234. The van der Waals surface area contributed by atoms with E-state index in [4.69, 9.17) is 39.5 Å². The first-order valence-corrected chi connectivity index (χ1v) is 11.7. The van der Waals surface area contributed by atoms with E-state index in [0.717, 1.165) is 13.1 Å². The number of alkyl halides is 6. The maximum atomic E-state index is 13.6. The molecule has 0 spiro atoms. The van der Waals surface area contributed by atoms with Crippen molar-refractivity contribution in [2.75, 3.05) is 0 Å². The highest BCUT2D eigenvalue weighted by Crippen LogP contribution is 2.50. The number of aryl methyl sites for hydroxylation is 1. The maximum absolute atomic E-state index is 13.6. The van der Waals surface area contributed by atoms with E-state index in [2.05, 4.69) is 5.10 Å². The number of phenols is 1. The second kappa shape index (κ2) is 10.2. The molecule has 4 rings (SSSR count). The first kappa shape index (κ1) is 27.9. The molecule has 200 valence electrons. The van der Waals surface area contributed by atoms with Gasteiger partial charge in [-0.2, -0.15) is 31.4 Å². The fourth-order valence-corrected chi connectivity index (χ4v) is 4.38. The molecule has 0 amide bonds. The first-order chi connectivity index (χ1) is 17.7. The van der Waals surface area contributed by atoms with Gasteiger partial charge >= 0.3 is 12.4 Å². The van der Waals surface area contributed by atoms with Crippen molar-refractivity contribution in [2.24, 2.45) is 7.05 Å². The van der Waals surface area contributed by atoms with Gasteiger partial charge in [-0.25, -0.2) is 0 Å². The molecule has 0 atom stereocenters. The normalized spacial score (nSPS) is 12.2. The molecule has 1 N–H and O–H groups in total. The van der Waals surface area contributed by atoms with E-state index < -0.39 is 34.4 Å². The second-order valence-corrected chi connectivity index (χ2v) is 9.35. The third kappa shape index (κ3) is 5.67. The zero-order valence-electron chi connectivity index (χ0n) is 19.1. The molecule has 13 heteroatoms. The minimum Gasteiger partial charge on any atom is -0.506 e. The fraction of sp³-hybridized carbons (Fsp3) is 0.160. The van der Waals surface area contributed by atoms with Crippen LogP contribution >= 0.6 is 34.8 Å². The van der Waals surface area contributed by atoms with Crippen molar-refractivity contribution >= 4 is 34.8 Å². The van der Waals surface area contributed by atoms with Crippen LogP contribution in [0.2, 0.25) is 15.1 Å². The SMILES string of the molecule is Cn1nc(-c2c(Cl)cc(OCc3ccc(Cl)cc3)c(-c3ccc(Cl)c(C(F)(F)F)c3)c2O)cc1C(F)(F)F. The number of rotatable bonds is 5. The van der Waals surface area contributed by atoms with E-state index in [1.165, 1.54) is 12.1 Å². The average Bonchev–Trinajstić information content (AvgIpc) is 3.20. The van der Waals surface area contributed by atoms with Gasteiger partial charge < -0.3 is 9.84 Å². The van der Waals surface area contributed by atoms with Crippen molar-refractivity contribution in [1.29, 1.82) is 0 Å². The molecule has 0 unspecified atom stereocenters. The molecule has 4 aromatic rings. The predicted octanol–water partition coefficient (Wildman–Crippen LogP) is 9.04. The lowest BCUT2D eigenvalue weighted by Gasteiger charge is -2.18. The Kier molecular flexibility index (Phi) is 7.53. The summed E-state index contributed by atoms with van der Waals surface area (Å²) in [7, 11) is 1.05. The first-order valence-electron chi connectivity index (χ1n) is 10.6. The van der Waals surface area contributed by atoms with Gasteiger partial charge in [-0.1, -0.05) is 53.0 Å². The molecular weight excluding hydrogens is 581 g/mol. The van der Waals surface area contributed by atoms with Crippen LogP contribution in [0.1, 0.15) is 16.8 Å². The molecule has 0 fully saturated rings. The lowest BCUT2D eigenvalue weighted by Crippen LogP contribution is -2.11. The van der Waals surface area contributed by atoms with Crippen LogP contribution in [0.15, 0.2) is 54.6 Å². The van der Waals surface area contributed by atoms with E-state index in [0.29, 0.717) is 27.4 Å². The summed E-state index contributed by atoms with van der Waals surface area (Å²) in [4.78, 5) is 0. The molecule has 0 radical (unpaired) electrons. The Labute approximate surface area is 226 Å². The van der Waals surface area contributed by atoms with Gasteiger partial charge in [0.15, 0.2) is 0 Å². The van der Waals surface area contributed by atoms with Gasteiger partial charge in [-0.05, 0) is 41.5 Å². The van der Waals surface area contributed by atoms with Crippen molar-refractivity contribution < 1.29 is 36.2 Å². The van der Waals surface area contributed by atoms with Crippen LogP contribution in [-0.4, -0.2) is 14.9 Å². The summed E-state index contributed by atoms with van der Waals surface area (Å²) >= 11 is 18.0. The van der Waals surface area contributed by atoms with Crippen molar-refractivity contribution in [1.82, 2.24) is 9.78 Å². The molecule has 0 aliphatic rings. The highest BCUT2D eigenvalue weighted by Gasteiger charge is 2.37. The number of halogens is 9. The summed E-state index contributed by atoms with van der Waals surface area (Å²) in [6.07, 6.45) is -9.59. The Morgan fingerprint density at radius 1 is 0.842 bits per heavy atom. The largest absolute Gasteiger partial charge is 0.506 e. The molecule has 0 saturated carbocycles. The zero-order valence-corrected chi connectivity index (χ0v) is 21.3. The molecule has 4 nitrogen and oxygen atoms in total. The molecular formula is C25H15Cl3F6N2O2. The summed E-state index contributed by atoms with van der Waals surface area (Å²) in [5.74, 6) is -0.862. The topological polar surface area (TPSA) is 47.3 Å². The van der Waals surface area contributed by atoms with Gasteiger partial charge in [0.25, 0.3) is 0 Å². The van der Waals surface area contributed by atoms with Crippen LogP contribution in [0.4, 0.5) is 26.3 Å². The van der Waals surface area contributed by atoms with E-state index in [9.17, 15) is 31.4 Å². The standard InChI is InChI=1S/C25H15Cl3F6N2O2/c1-36-20(25(32,33)34)10-18(35-36)22-17(28)9-19(38-11-12-2-5-14(26)6-3-12)21(23(22)37)13-4-7-16(27)15(8-13)24(29,30)31/h2-10,37H,11H2,1H3. The number of hydrogen-bond acceptors (Lipinski definition) is 3. The van der Waals surface area contributed by atoms with Crippen LogP contribution in [0.25, 0.3) is 22.4 Å². The summed E-state index contributed by atoms with van der Waals surface area (Å²) < 4.78 is 87.2. The van der Waals surface area contributed by atoms with Crippen molar-refractivity contribution in [3.8, 4) is 33.9 Å². The van der Waals surface area contributed by atoms with Gasteiger partial charge in [0.2, 0.25) is 0 Å². The van der Waals surface area contributed by atoms with Gasteiger partial charge in [0.1, 0.15) is 23.8 Å². The smallest absolute Gasteiger partial charge is 0.433 e. The van der Waals surface area contributed by atoms with Crippen molar-refractivity contribution in [3.05, 3.63) is 86.5 Å². The Bertz CT molecular complexity index is 1500. The molecule has 0 aliphatic carbocycles. The predicted molar refractivity (Wildman–Crippen MR) is 132 cm³/mol. The lowest BCUT2D eigenvalue weighted by molar-refractivity contribution is -0.143. The van der Waals surface area contributed by atoms with Gasteiger partial charge in [-0.3, -0.25) is 4.68 Å². The Balaban J connectivity index is 1.92. The Morgan fingerprint density at radius 3 is 2.08 bits per heavy atom. The summed E-state index contributed by atoms with van der Waals surface area (Å²) in [6.45, 7) is -0.0964. The number of hydrogen-bond donors (Lipinski definition) is 1. The summed E-state index contributed by atoms with van der Waals surface area (Å²) in [5, 5.41) is 14.7. The molecule has 0 saturated heterocycles. The third-order valence-corrected chi connectivity index (χ3v) is 6.39. The van der Waals surface area contributed by atoms with E-state index in [-0.39, 0.29) is 39.8 Å². The Morgan fingerprint density at radius 2 is 1.50 bits per heavy atom. The van der Waals surface area contributed by atoms with E-state index in [1.54, 1.807) is 24.3 Å². The number of nitrogens with zero attached hydrogens (tertiary/aromatic N) is 2. The average molecular weight is 596 g/mol. The molecule has 1 aromatic heterocycles.